The third kappa shape index (κ3) is 5.29. The number of amides is 2. The van der Waals surface area contributed by atoms with Crippen LogP contribution in [0.4, 0.5) is 5.69 Å². The molecule has 0 radical (unpaired) electrons. The van der Waals surface area contributed by atoms with Crippen molar-refractivity contribution in [2.75, 3.05) is 38.2 Å². The van der Waals surface area contributed by atoms with Crippen LogP contribution >= 0.6 is 11.3 Å². The van der Waals surface area contributed by atoms with Crippen molar-refractivity contribution in [3.63, 3.8) is 0 Å². The van der Waals surface area contributed by atoms with Gasteiger partial charge < -0.3 is 19.9 Å². The highest BCUT2D eigenvalue weighted by Gasteiger charge is 2.20. The first kappa shape index (κ1) is 21.9. The van der Waals surface area contributed by atoms with Crippen LogP contribution in [0.15, 0.2) is 66.0 Å². The highest BCUT2D eigenvalue weighted by atomic mass is 32.1. The Balaban J connectivity index is 1.32. The molecule has 0 atom stereocenters. The molecule has 0 spiro atoms. The van der Waals surface area contributed by atoms with Crippen LogP contribution in [0.1, 0.15) is 32.0 Å². The highest BCUT2D eigenvalue weighted by molar-refractivity contribution is 7.12. The number of hydrogen-bond acceptors (Lipinski definition) is 5. The minimum absolute atomic E-state index is 0.0516. The molecule has 0 aliphatic carbocycles. The van der Waals surface area contributed by atoms with Gasteiger partial charge in [-0.25, -0.2) is 0 Å². The number of nitrogens with zero attached hydrogens (tertiary/aromatic N) is 2. The lowest BCUT2D eigenvalue weighted by atomic mass is 10.1. The number of hydrogen-bond donors (Lipinski definition) is 1. The highest BCUT2D eigenvalue weighted by Crippen LogP contribution is 2.21. The third-order valence-electron chi connectivity index (χ3n) is 5.62. The molecule has 1 aliphatic rings. The van der Waals surface area contributed by atoms with Crippen LogP contribution in [0.3, 0.4) is 0 Å². The topological polar surface area (TPSA) is 61.9 Å². The summed E-state index contributed by atoms with van der Waals surface area (Å²) < 4.78 is 5.24. The zero-order chi connectivity index (χ0) is 22.3. The van der Waals surface area contributed by atoms with E-state index in [9.17, 15) is 9.59 Å². The van der Waals surface area contributed by atoms with E-state index in [4.69, 9.17) is 4.74 Å². The summed E-state index contributed by atoms with van der Waals surface area (Å²) in [4.78, 5) is 30.1. The number of benzene rings is 2. The number of carbonyl (C=O) groups excluding carboxylic acids is 2. The number of nitrogens with one attached hydrogen (secondary N) is 1. The minimum Gasteiger partial charge on any atom is -0.497 e. The Bertz CT molecular complexity index is 1030. The summed E-state index contributed by atoms with van der Waals surface area (Å²) in [5.74, 6) is 0.816. The van der Waals surface area contributed by atoms with Gasteiger partial charge >= 0.3 is 0 Å². The minimum atomic E-state index is -0.0777. The van der Waals surface area contributed by atoms with E-state index >= 15 is 0 Å². The average molecular weight is 450 g/mol. The van der Waals surface area contributed by atoms with E-state index in [1.54, 1.807) is 13.2 Å². The smallest absolute Gasteiger partial charge is 0.261 e. The van der Waals surface area contributed by atoms with Crippen molar-refractivity contribution in [3.05, 3.63) is 82.0 Å². The SMILES string of the molecule is COc1ccc(N2CCCN(C(=O)c3ccc(CNC(=O)c4cccs4)cc3)CC2)cc1. The quantitative estimate of drug-likeness (QED) is 0.617. The van der Waals surface area contributed by atoms with Gasteiger partial charge in [-0.1, -0.05) is 18.2 Å². The van der Waals surface area contributed by atoms with Gasteiger partial charge in [-0.15, -0.1) is 11.3 Å². The molecule has 2 heterocycles. The molecular formula is C25H27N3O3S. The Morgan fingerprint density at radius 3 is 2.44 bits per heavy atom. The van der Waals surface area contributed by atoms with Crippen molar-refractivity contribution >= 4 is 28.8 Å². The Hall–Kier alpha value is -3.32. The fourth-order valence-corrected chi connectivity index (χ4v) is 4.44. The van der Waals surface area contributed by atoms with Crippen LogP contribution in [0, 0.1) is 0 Å². The molecule has 0 bridgehead atoms. The van der Waals surface area contributed by atoms with Crippen molar-refractivity contribution in [1.82, 2.24) is 10.2 Å². The van der Waals surface area contributed by atoms with Gasteiger partial charge in [-0.2, -0.15) is 0 Å². The molecule has 0 saturated carbocycles. The monoisotopic (exact) mass is 449 g/mol. The summed E-state index contributed by atoms with van der Waals surface area (Å²) in [5.41, 5.74) is 2.79. The molecular weight excluding hydrogens is 422 g/mol. The average Bonchev–Trinajstić information content (AvgIpc) is 3.27. The van der Waals surface area contributed by atoms with Gasteiger partial charge in [0.2, 0.25) is 0 Å². The lowest BCUT2D eigenvalue weighted by molar-refractivity contribution is 0.0766. The van der Waals surface area contributed by atoms with Crippen LogP contribution in [0.5, 0.6) is 5.75 Å². The maximum Gasteiger partial charge on any atom is 0.261 e. The van der Waals surface area contributed by atoms with Crippen LogP contribution in [0.25, 0.3) is 0 Å². The van der Waals surface area contributed by atoms with E-state index in [1.807, 2.05) is 52.7 Å². The second-order valence-corrected chi connectivity index (χ2v) is 8.64. The van der Waals surface area contributed by atoms with Crippen molar-refractivity contribution in [2.24, 2.45) is 0 Å². The molecule has 1 saturated heterocycles. The van der Waals surface area contributed by atoms with Crippen molar-refractivity contribution in [2.45, 2.75) is 13.0 Å². The zero-order valence-corrected chi connectivity index (χ0v) is 18.9. The molecule has 32 heavy (non-hydrogen) atoms. The number of ether oxygens (including phenoxy) is 1. The fourth-order valence-electron chi connectivity index (χ4n) is 3.80. The molecule has 1 aromatic heterocycles. The van der Waals surface area contributed by atoms with Gasteiger partial charge in [0, 0.05) is 44.0 Å². The Morgan fingerprint density at radius 1 is 0.969 bits per heavy atom. The molecule has 6 nitrogen and oxygen atoms in total. The predicted molar refractivity (Wildman–Crippen MR) is 128 cm³/mol. The first-order valence-corrected chi connectivity index (χ1v) is 11.6. The van der Waals surface area contributed by atoms with Gasteiger partial charge in [-0.3, -0.25) is 9.59 Å². The van der Waals surface area contributed by atoms with Gasteiger partial charge in [0.25, 0.3) is 11.8 Å². The number of methoxy groups -OCH3 is 1. The van der Waals surface area contributed by atoms with E-state index in [-0.39, 0.29) is 11.8 Å². The van der Waals surface area contributed by atoms with E-state index in [2.05, 4.69) is 22.3 Å². The summed E-state index contributed by atoms with van der Waals surface area (Å²) in [6, 6.07) is 19.2. The zero-order valence-electron chi connectivity index (χ0n) is 18.1. The second-order valence-electron chi connectivity index (χ2n) is 7.69. The molecule has 7 heteroatoms. The van der Waals surface area contributed by atoms with E-state index in [0.717, 1.165) is 43.1 Å². The summed E-state index contributed by atoms with van der Waals surface area (Å²) in [7, 11) is 1.66. The fraction of sp³-hybridized carbons (Fsp3) is 0.280. The summed E-state index contributed by atoms with van der Waals surface area (Å²) in [6.45, 7) is 3.57. The Morgan fingerprint density at radius 2 is 1.75 bits per heavy atom. The first-order valence-electron chi connectivity index (χ1n) is 10.7. The lowest BCUT2D eigenvalue weighted by Gasteiger charge is -2.24. The molecule has 0 unspecified atom stereocenters. The van der Waals surface area contributed by atoms with Crippen molar-refractivity contribution in [3.8, 4) is 5.75 Å². The van der Waals surface area contributed by atoms with Gasteiger partial charge in [0.1, 0.15) is 5.75 Å². The Kier molecular flexibility index (Phi) is 7.07. The van der Waals surface area contributed by atoms with Crippen molar-refractivity contribution in [1.29, 1.82) is 0 Å². The molecule has 166 valence electrons. The number of anilines is 1. The molecule has 2 aromatic carbocycles. The van der Waals surface area contributed by atoms with E-state index in [1.165, 1.54) is 11.3 Å². The predicted octanol–water partition coefficient (Wildman–Crippen LogP) is 4.04. The van der Waals surface area contributed by atoms with Gasteiger partial charge in [0.15, 0.2) is 0 Å². The van der Waals surface area contributed by atoms with Crippen molar-refractivity contribution < 1.29 is 14.3 Å². The van der Waals surface area contributed by atoms with Gasteiger partial charge in [0.05, 0.1) is 12.0 Å². The van der Waals surface area contributed by atoms with E-state index in [0.29, 0.717) is 23.5 Å². The van der Waals surface area contributed by atoms with Crippen LogP contribution in [-0.2, 0) is 6.54 Å². The van der Waals surface area contributed by atoms with E-state index < -0.39 is 0 Å². The molecule has 4 rings (SSSR count). The number of thiophene rings is 1. The number of carbonyl (C=O) groups is 2. The van der Waals surface area contributed by atoms with Gasteiger partial charge in [-0.05, 0) is 59.8 Å². The molecule has 3 aromatic rings. The maximum atomic E-state index is 13.0. The third-order valence-corrected chi connectivity index (χ3v) is 6.49. The second kappa shape index (κ2) is 10.3. The summed E-state index contributed by atoms with van der Waals surface area (Å²) >= 11 is 1.42. The Labute approximate surface area is 192 Å². The molecule has 1 fully saturated rings. The summed E-state index contributed by atoms with van der Waals surface area (Å²) in [6.07, 6.45) is 0.921. The maximum absolute atomic E-state index is 13.0. The van der Waals surface area contributed by atoms with Crippen LogP contribution in [0.2, 0.25) is 0 Å². The molecule has 1 aliphatic heterocycles. The standard InChI is InChI=1S/C25H27N3O3S/c1-31-22-11-9-21(10-12-22)27-13-3-14-28(16-15-27)25(30)20-7-5-19(6-8-20)18-26-24(29)23-4-2-17-32-23/h2,4-12,17H,3,13-16,18H2,1H3,(H,26,29). The first-order chi connectivity index (χ1) is 15.6. The molecule has 2 amide bonds. The lowest BCUT2D eigenvalue weighted by Crippen LogP contribution is -2.35. The molecule has 1 N–H and O–H groups in total. The largest absolute Gasteiger partial charge is 0.497 e. The number of rotatable bonds is 6. The van der Waals surface area contributed by atoms with Crippen LogP contribution in [-0.4, -0.2) is 50.0 Å². The van der Waals surface area contributed by atoms with Crippen LogP contribution < -0.4 is 15.0 Å². The summed E-state index contributed by atoms with van der Waals surface area (Å²) in [5, 5.41) is 4.80. The normalized spacial score (nSPS) is 14.0.